The number of ether oxygens (including phenoxy) is 1. The van der Waals surface area contributed by atoms with Crippen LogP contribution in [0.3, 0.4) is 0 Å². The average Bonchev–Trinajstić information content (AvgIpc) is 2.99. The smallest absolute Gasteiger partial charge is 0.232 e. The number of rotatable bonds is 7. The zero-order valence-corrected chi connectivity index (χ0v) is 17.6. The van der Waals surface area contributed by atoms with E-state index in [9.17, 15) is 14.3 Å². The second-order valence-corrected chi connectivity index (χ2v) is 7.65. The molecule has 6 heteroatoms. The Morgan fingerprint density at radius 3 is 2.55 bits per heavy atom. The summed E-state index contributed by atoms with van der Waals surface area (Å²) in [5.41, 5.74) is 1.70. The Kier molecular flexibility index (Phi) is 6.60. The number of aromatic hydroxyl groups is 1. The molecule has 154 valence electrons. The fourth-order valence-electron chi connectivity index (χ4n) is 3.64. The van der Waals surface area contributed by atoms with E-state index < -0.39 is 5.82 Å². The van der Waals surface area contributed by atoms with Gasteiger partial charge in [-0.05, 0) is 62.7 Å². The molecule has 3 rings (SSSR count). The van der Waals surface area contributed by atoms with Crippen LogP contribution in [0.2, 0.25) is 5.02 Å². The molecule has 0 spiro atoms. The van der Waals surface area contributed by atoms with E-state index >= 15 is 0 Å². The molecular weight excluding hydrogens is 393 g/mol. The number of allylic oxidation sites excluding steroid dienone is 1. The van der Waals surface area contributed by atoms with Gasteiger partial charge in [-0.1, -0.05) is 31.5 Å². The second-order valence-electron chi connectivity index (χ2n) is 7.25. The number of halogens is 2. The maximum atomic E-state index is 14.2. The number of nitrogens with zero attached hydrogens (tertiary/aromatic N) is 1. The molecule has 0 radical (unpaired) electrons. The predicted molar refractivity (Wildman–Crippen MR) is 113 cm³/mol. The van der Waals surface area contributed by atoms with Crippen molar-refractivity contribution in [1.82, 2.24) is 4.90 Å². The third kappa shape index (κ3) is 4.31. The van der Waals surface area contributed by atoms with Crippen molar-refractivity contribution in [2.75, 3.05) is 13.1 Å². The van der Waals surface area contributed by atoms with E-state index in [4.69, 9.17) is 16.3 Å². The minimum Gasteiger partial charge on any atom is -0.507 e. The van der Waals surface area contributed by atoms with Gasteiger partial charge in [-0.3, -0.25) is 9.69 Å². The molecule has 0 unspecified atom stereocenters. The molecule has 0 aromatic heterocycles. The summed E-state index contributed by atoms with van der Waals surface area (Å²) in [7, 11) is 0. The number of ketones is 1. The van der Waals surface area contributed by atoms with E-state index in [0.717, 1.165) is 25.9 Å². The number of phenolic OH excluding ortho intramolecular Hbond substituents is 1. The van der Waals surface area contributed by atoms with E-state index in [-0.39, 0.29) is 27.9 Å². The lowest BCUT2D eigenvalue weighted by molar-refractivity contribution is 0.101. The van der Waals surface area contributed by atoms with Gasteiger partial charge in [0.15, 0.2) is 5.76 Å². The SMILES string of the molecule is CCCN(CCC)Cc1c(O)cc(C)c2c1O/C(=C/c1c(F)cccc1Cl)C2=O. The van der Waals surface area contributed by atoms with Crippen LogP contribution >= 0.6 is 11.6 Å². The van der Waals surface area contributed by atoms with Gasteiger partial charge in [0, 0.05) is 12.1 Å². The van der Waals surface area contributed by atoms with E-state index in [1.54, 1.807) is 19.1 Å². The minimum absolute atomic E-state index is 0.000479. The largest absolute Gasteiger partial charge is 0.507 e. The zero-order valence-electron chi connectivity index (χ0n) is 16.9. The highest BCUT2D eigenvalue weighted by Crippen LogP contribution is 2.42. The fourth-order valence-corrected chi connectivity index (χ4v) is 3.86. The van der Waals surface area contributed by atoms with Gasteiger partial charge in [-0.25, -0.2) is 4.39 Å². The van der Waals surface area contributed by atoms with Crippen LogP contribution in [-0.4, -0.2) is 28.9 Å². The number of carbonyl (C=O) groups is 1. The molecule has 1 heterocycles. The van der Waals surface area contributed by atoms with Crippen LogP contribution in [0, 0.1) is 12.7 Å². The molecule has 2 aromatic rings. The summed E-state index contributed by atoms with van der Waals surface area (Å²) >= 11 is 6.09. The number of fused-ring (bicyclic) bond motifs is 1. The van der Waals surface area contributed by atoms with Crippen LogP contribution in [-0.2, 0) is 6.54 Å². The van der Waals surface area contributed by atoms with Crippen molar-refractivity contribution < 1.29 is 19.0 Å². The van der Waals surface area contributed by atoms with Gasteiger partial charge in [-0.15, -0.1) is 0 Å². The molecule has 0 aliphatic carbocycles. The first-order chi connectivity index (χ1) is 13.9. The molecular formula is C23H25ClFNO3. The molecule has 0 atom stereocenters. The molecule has 0 fully saturated rings. The van der Waals surface area contributed by atoms with Crippen molar-refractivity contribution in [1.29, 1.82) is 0 Å². The van der Waals surface area contributed by atoms with Crippen LogP contribution < -0.4 is 4.74 Å². The van der Waals surface area contributed by atoms with Gasteiger partial charge in [0.1, 0.15) is 17.3 Å². The third-order valence-electron chi connectivity index (χ3n) is 4.96. The van der Waals surface area contributed by atoms with Crippen LogP contribution in [0.5, 0.6) is 11.5 Å². The maximum absolute atomic E-state index is 14.2. The Bertz CT molecular complexity index is 945. The van der Waals surface area contributed by atoms with Gasteiger partial charge < -0.3 is 9.84 Å². The molecule has 1 aliphatic heterocycles. The number of hydrogen-bond acceptors (Lipinski definition) is 4. The van der Waals surface area contributed by atoms with Gasteiger partial charge in [0.05, 0.1) is 16.1 Å². The number of benzene rings is 2. The molecule has 0 amide bonds. The van der Waals surface area contributed by atoms with E-state index in [2.05, 4.69) is 18.7 Å². The number of aryl methyl sites for hydroxylation is 1. The Balaban J connectivity index is 2.04. The lowest BCUT2D eigenvalue weighted by Gasteiger charge is -2.22. The van der Waals surface area contributed by atoms with Gasteiger partial charge in [-0.2, -0.15) is 0 Å². The molecule has 0 bridgehead atoms. The highest BCUT2D eigenvalue weighted by molar-refractivity contribution is 6.32. The Morgan fingerprint density at radius 1 is 1.24 bits per heavy atom. The Hall–Kier alpha value is -2.37. The third-order valence-corrected chi connectivity index (χ3v) is 5.29. The van der Waals surface area contributed by atoms with Crippen LogP contribution in [0.4, 0.5) is 4.39 Å². The fraction of sp³-hybridized carbons (Fsp3) is 0.348. The first-order valence-corrected chi connectivity index (χ1v) is 10.2. The summed E-state index contributed by atoms with van der Waals surface area (Å²) in [5.74, 6) is -0.427. The summed E-state index contributed by atoms with van der Waals surface area (Å²) < 4.78 is 20.1. The minimum atomic E-state index is -0.533. The van der Waals surface area contributed by atoms with Crippen molar-refractivity contribution >= 4 is 23.5 Å². The van der Waals surface area contributed by atoms with Crippen molar-refractivity contribution in [3.63, 3.8) is 0 Å². The van der Waals surface area contributed by atoms with Crippen molar-refractivity contribution in [2.24, 2.45) is 0 Å². The number of carbonyl (C=O) groups excluding carboxylic acids is 1. The summed E-state index contributed by atoms with van der Waals surface area (Å²) in [6, 6.07) is 5.92. The van der Waals surface area contributed by atoms with Gasteiger partial charge in [0.25, 0.3) is 0 Å². The first-order valence-electron chi connectivity index (χ1n) is 9.83. The highest BCUT2D eigenvalue weighted by Gasteiger charge is 2.34. The van der Waals surface area contributed by atoms with Crippen LogP contribution in [0.15, 0.2) is 30.0 Å². The number of phenols is 1. The van der Waals surface area contributed by atoms with Crippen molar-refractivity contribution in [3.05, 3.63) is 63.1 Å². The number of Topliss-reactive ketones (excluding diaryl/α,β-unsaturated/α-hetero) is 1. The molecule has 1 N–H and O–H groups in total. The van der Waals surface area contributed by atoms with E-state index in [0.29, 0.717) is 29.0 Å². The maximum Gasteiger partial charge on any atom is 0.232 e. The summed E-state index contributed by atoms with van der Waals surface area (Å²) in [5, 5.41) is 10.8. The summed E-state index contributed by atoms with van der Waals surface area (Å²) in [6.45, 7) is 8.16. The van der Waals surface area contributed by atoms with Crippen LogP contribution in [0.1, 0.15) is 53.7 Å². The first kappa shape index (κ1) is 21.3. The standard InChI is InChI=1S/C23H25ClFNO3/c1-4-9-26(10-5-2)13-16-19(27)11-14(3)21-22(28)20(29-23(16)21)12-15-17(24)7-6-8-18(15)25/h6-8,11-12,27H,4-5,9-10,13H2,1-3H3/b20-12+. The number of hydrogen-bond donors (Lipinski definition) is 1. The van der Waals surface area contributed by atoms with Crippen LogP contribution in [0.25, 0.3) is 6.08 Å². The lowest BCUT2D eigenvalue weighted by atomic mass is 9.99. The molecule has 2 aromatic carbocycles. The molecule has 0 saturated carbocycles. The molecule has 29 heavy (non-hydrogen) atoms. The quantitative estimate of drug-likeness (QED) is 0.584. The monoisotopic (exact) mass is 417 g/mol. The Labute approximate surface area is 175 Å². The van der Waals surface area contributed by atoms with E-state index in [1.807, 2.05) is 0 Å². The summed E-state index contributed by atoms with van der Waals surface area (Å²) in [4.78, 5) is 15.2. The highest BCUT2D eigenvalue weighted by atomic mass is 35.5. The zero-order chi connectivity index (χ0) is 21.1. The van der Waals surface area contributed by atoms with Crippen molar-refractivity contribution in [2.45, 2.75) is 40.2 Å². The molecule has 4 nitrogen and oxygen atoms in total. The Morgan fingerprint density at radius 2 is 1.93 bits per heavy atom. The predicted octanol–water partition coefficient (Wildman–Crippen LogP) is 5.73. The molecule has 0 saturated heterocycles. The van der Waals surface area contributed by atoms with Gasteiger partial charge in [0.2, 0.25) is 5.78 Å². The van der Waals surface area contributed by atoms with Crippen molar-refractivity contribution in [3.8, 4) is 11.5 Å². The topological polar surface area (TPSA) is 49.8 Å². The second kappa shape index (κ2) is 8.97. The summed E-state index contributed by atoms with van der Waals surface area (Å²) in [6.07, 6.45) is 3.28. The van der Waals surface area contributed by atoms with Gasteiger partial charge >= 0.3 is 0 Å². The lowest BCUT2D eigenvalue weighted by Crippen LogP contribution is -2.25. The molecule has 1 aliphatic rings. The average molecular weight is 418 g/mol. The van der Waals surface area contributed by atoms with E-state index in [1.165, 1.54) is 18.2 Å². The normalized spacial score (nSPS) is 14.6.